The zero-order valence-electron chi connectivity index (χ0n) is 9.39. The third-order valence-corrected chi connectivity index (χ3v) is 2.18. The second kappa shape index (κ2) is 5.62. The zero-order valence-corrected chi connectivity index (χ0v) is 9.39. The first kappa shape index (κ1) is 14.8. The van der Waals surface area contributed by atoms with E-state index in [0.717, 1.165) is 6.07 Å². The number of aliphatic hydroxyl groups excluding tert-OH is 1. The van der Waals surface area contributed by atoms with E-state index < -0.39 is 37.1 Å². The summed E-state index contributed by atoms with van der Waals surface area (Å²) in [7, 11) is 0. The van der Waals surface area contributed by atoms with Gasteiger partial charge in [0.25, 0.3) is 0 Å². The summed E-state index contributed by atoms with van der Waals surface area (Å²) in [5.41, 5.74) is -0.211. The molecule has 0 fully saturated rings. The van der Waals surface area contributed by atoms with Crippen LogP contribution in [0.1, 0.15) is 17.2 Å². The number of halogens is 5. The molecular weight excluding hydrogens is 259 g/mol. The van der Waals surface area contributed by atoms with Crippen LogP contribution in [0.25, 0.3) is 0 Å². The topological polar surface area (TPSA) is 29.5 Å². The fourth-order valence-electron chi connectivity index (χ4n) is 1.31. The van der Waals surface area contributed by atoms with E-state index >= 15 is 0 Å². The van der Waals surface area contributed by atoms with Crippen LogP contribution in [0.2, 0.25) is 0 Å². The van der Waals surface area contributed by atoms with Crippen molar-refractivity contribution < 1.29 is 31.8 Å². The molecule has 0 bridgehead atoms. The average molecular weight is 270 g/mol. The maximum absolute atomic E-state index is 13.3. The van der Waals surface area contributed by atoms with Crippen LogP contribution in [-0.2, 0) is 4.74 Å². The fraction of sp³-hybridized carbons (Fsp3) is 0.455. The van der Waals surface area contributed by atoms with Gasteiger partial charge in [0.05, 0.1) is 6.61 Å². The van der Waals surface area contributed by atoms with E-state index in [1.54, 1.807) is 0 Å². The normalized spacial score (nSPS) is 13.7. The van der Waals surface area contributed by atoms with E-state index in [2.05, 4.69) is 4.74 Å². The Morgan fingerprint density at radius 1 is 1.22 bits per heavy atom. The van der Waals surface area contributed by atoms with Gasteiger partial charge in [0, 0.05) is 11.6 Å². The van der Waals surface area contributed by atoms with E-state index in [1.807, 2.05) is 0 Å². The van der Waals surface area contributed by atoms with Gasteiger partial charge < -0.3 is 9.84 Å². The van der Waals surface area contributed by atoms with Crippen LogP contribution in [0.5, 0.6) is 0 Å². The Labute approximate surface area is 100.0 Å². The van der Waals surface area contributed by atoms with Gasteiger partial charge in [-0.05, 0) is 18.6 Å². The van der Waals surface area contributed by atoms with E-state index in [1.165, 1.54) is 6.92 Å². The van der Waals surface area contributed by atoms with Crippen LogP contribution in [0.3, 0.4) is 0 Å². The summed E-state index contributed by atoms with van der Waals surface area (Å²) in [4.78, 5) is 0. The lowest BCUT2D eigenvalue weighted by Gasteiger charge is -2.14. The highest BCUT2D eigenvalue weighted by molar-refractivity contribution is 5.27. The highest BCUT2D eigenvalue weighted by atomic mass is 19.4. The van der Waals surface area contributed by atoms with Gasteiger partial charge in [-0.25, -0.2) is 8.78 Å². The Morgan fingerprint density at radius 3 is 2.39 bits per heavy atom. The predicted octanol–water partition coefficient (Wildman–Crippen LogP) is 2.89. The van der Waals surface area contributed by atoms with Crippen molar-refractivity contribution in [2.24, 2.45) is 0 Å². The minimum atomic E-state index is -4.52. The third-order valence-electron chi connectivity index (χ3n) is 2.18. The third kappa shape index (κ3) is 4.23. The molecule has 1 rings (SSSR count). The molecule has 1 N–H and O–H groups in total. The summed E-state index contributed by atoms with van der Waals surface area (Å²) in [5, 5.41) is 9.46. The first-order valence-electron chi connectivity index (χ1n) is 4.99. The Balaban J connectivity index is 2.67. The smallest absolute Gasteiger partial charge is 0.386 e. The number of hydrogen-bond donors (Lipinski definition) is 1. The number of aliphatic hydroxyl groups is 1. The molecule has 0 aliphatic heterocycles. The molecule has 0 saturated heterocycles. The van der Waals surface area contributed by atoms with Gasteiger partial charge in [0.15, 0.2) is 0 Å². The van der Waals surface area contributed by atoms with Crippen molar-refractivity contribution >= 4 is 0 Å². The summed E-state index contributed by atoms with van der Waals surface area (Å²) in [6.07, 6.45) is -6.09. The van der Waals surface area contributed by atoms with Crippen LogP contribution >= 0.6 is 0 Å². The number of benzene rings is 1. The summed E-state index contributed by atoms with van der Waals surface area (Å²) in [6.45, 7) is -0.908. The number of aryl methyl sites for hydroxylation is 1. The van der Waals surface area contributed by atoms with Gasteiger partial charge in [-0.2, -0.15) is 13.2 Å². The number of hydrogen-bond acceptors (Lipinski definition) is 2. The van der Waals surface area contributed by atoms with Crippen molar-refractivity contribution in [3.05, 3.63) is 34.9 Å². The van der Waals surface area contributed by atoms with Crippen LogP contribution in [0, 0.1) is 18.6 Å². The molecular formula is C11H11F5O2. The quantitative estimate of drug-likeness (QED) is 0.852. The monoisotopic (exact) mass is 270 g/mol. The lowest BCUT2D eigenvalue weighted by Crippen LogP contribution is -2.20. The molecule has 18 heavy (non-hydrogen) atoms. The molecule has 0 aliphatic rings. The van der Waals surface area contributed by atoms with Gasteiger partial charge in [0.1, 0.15) is 24.3 Å². The molecule has 1 unspecified atom stereocenters. The Hall–Kier alpha value is -1.21. The van der Waals surface area contributed by atoms with Crippen molar-refractivity contribution in [1.82, 2.24) is 0 Å². The molecule has 2 nitrogen and oxygen atoms in total. The van der Waals surface area contributed by atoms with Crippen LogP contribution in [0.4, 0.5) is 22.0 Å². The number of ether oxygens (including phenoxy) is 1. The molecule has 0 saturated carbocycles. The average Bonchev–Trinajstić information content (AvgIpc) is 2.21. The predicted molar refractivity (Wildman–Crippen MR) is 52.9 cm³/mol. The lowest BCUT2D eigenvalue weighted by atomic mass is 10.1. The Bertz CT molecular complexity index is 417. The summed E-state index contributed by atoms with van der Waals surface area (Å²) in [6, 6.07) is 1.60. The van der Waals surface area contributed by atoms with E-state index in [0.29, 0.717) is 6.07 Å². The molecule has 7 heteroatoms. The van der Waals surface area contributed by atoms with Gasteiger partial charge in [-0.3, -0.25) is 0 Å². The SMILES string of the molecule is Cc1cc(C(O)COCC(F)(F)F)c(F)cc1F. The van der Waals surface area contributed by atoms with Gasteiger partial charge in [-0.1, -0.05) is 0 Å². The van der Waals surface area contributed by atoms with Gasteiger partial charge >= 0.3 is 6.18 Å². The second-order valence-electron chi connectivity index (χ2n) is 3.77. The molecule has 1 aromatic rings. The lowest BCUT2D eigenvalue weighted by molar-refractivity contribution is -0.179. The van der Waals surface area contributed by atoms with Crippen LogP contribution in [0.15, 0.2) is 12.1 Å². The molecule has 0 radical (unpaired) electrons. The van der Waals surface area contributed by atoms with E-state index in [4.69, 9.17) is 0 Å². The molecule has 1 atom stereocenters. The van der Waals surface area contributed by atoms with Gasteiger partial charge in [0.2, 0.25) is 0 Å². The molecule has 1 aromatic carbocycles. The standard InChI is InChI=1S/C11H11F5O2/c1-6-2-7(9(13)3-8(6)12)10(17)4-18-5-11(14,15)16/h2-3,10,17H,4-5H2,1H3. The van der Waals surface area contributed by atoms with Crippen molar-refractivity contribution in [1.29, 1.82) is 0 Å². The highest BCUT2D eigenvalue weighted by Crippen LogP contribution is 2.22. The highest BCUT2D eigenvalue weighted by Gasteiger charge is 2.28. The largest absolute Gasteiger partial charge is 0.411 e. The van der Waals surface area contributed by atoms with Crippen molar-refractivity contribution in [3.8, 4) is 0 Å². The van der Waals surface area contributed by atoms with Crippen molar-refractivity contribution in [3.63, 3.8) is 0 Å². The molecule has 0 aliphatic carbocycles. The minimum Gasteiger partial charge on any atom is -0.386 e. The summed E-state index contributed by atoms with van der Waals surface area (Å²) >= 11 is 0. The Morgan fingerprint density at radius 2 is 1.83 bits per heavy atom. The zero-order chi connectivity index (χ0) is 13.9. The molecule has 0 aromatic heterocycles. The molecule has 102 valence electrons. The molecule has 0 heterocycles. The second-order valence-corrected chi connectivity index (χ2v) is 3.77. The van der Waals surface area contributed by atoms with E-state index in [9.17, 15) is 27.1 Å². The van der Waals surface area contributed by atoms with Crippen LogP contribution < -0.4 is 0 Å². The minimum absolute atomic E-state index is 0.0845. The van der Waals surface area contributed by atoms with Crippen LogP contribution in [-0.4, -0.2) is 24.5 Å². The maximum Gasteiger partial charge on any atom is 0.411 e. The fourth-order valence-corrected chi connectivity index (χ4v) is 1.31. The summed E-state index contributed by atoms with van der Waals surface area (Å²) in [5.74, 6) is -1.82. The first-order valence-corrected chi connectivity index (χ1v) is 4.99. The molecule has 0 spiro atoms. The molecule has 0 amide bonds. The van der Waals surface area contributed by atoms with Crippen molar-refractivity contribution in [2.75, 3.05) is 13.2 Å². The first-order chi connectivity index (χ1) is 8.20. The van der Waals surface area contributed by atoms with Crippen molar-refractivity contribution in [2.45, 2.75) is 19.2 Å². The summed E-state index contributed by atoms with van der Waals surface area (Å²) < 4.78 is 65.7. The Kier molecular flexibility index (Phi) is 4.64. The number of rotatable bonds is 4. The van der Waals surface area contributed by atoms with Gasteiger partial charge in [-0.15, -0.1) is 0 Å². The number of alkyl halides is 3. The van der Waals surface area contributed by atoms with E-state index in [-0.39, 0.29) is 11.1 Å². The maximum atomic E-state index is 13.3.